The first kappa shape index (κ1) is 14.6. The van der Waals surface area contributed by atoms with E-state index in [0.717, 1.165) is 31.5 Å². The Balaban J connectivity index is 1.56. The molecule has 1 heterocycles. The van der Waals surface area contributed by atoms with Crippen LogP contribution in [0, 0.1) is 0 Å². The summed E-state index contributed by atoms with van der Waals surface area (Å²) in [6, 6.07) is 6.85. The molecule has 21 heavy (non-hydrogen) atoms. The molecule has 0 spiro atoms. The SMILES string of the molecule is CN(CCC1CCCCN1)C(=O)c1ccc2c(c1)CCC2. The van der Waals surface area contributed by atoms with Crippen molar-refractivity contribution in [2.75, 3.05) is 20.1 Å². The number of hydrogen-bond acceptors (Lipinski definition) is 2. The minimum Gasteiger partial charge on any atom is -0.342 e. The van der Waals surface area contributed by atoms with Crippen LogP contribution >= 0.6 is 0 Å². The average molecular weight is 286 g/mol. The molecule has 0 radical (unpaired) electrons. The Morgan fingerprint density at radius 1 is 1.24 bits per heavy atom. The molecule has 0 saturated carbocycles. The fourth-order valence-electron chi connectivity index (χ4n) is 3.55. The van der Waals surface area contributed by atoms with Gasteiger partial charge in [0.05, 0.1) is 0 Å². The number of piperidine rings is 1. The predicted octanol–water partition coefficient (Wildman–Crippen LogP) is 2.78. The Labute approximate surface area is 127 Å². The second-order valence-corrected chi connectivity index (χ2v) is 6.50. The van der Waals surface area contributed by atoms with Gasteiger partial charge in [0, 0.05) is 25.2 Å². The first-order valence-electron chi connectivity index (χ1n) is 8.35. The molecule has 3 heteroatoms. The van der Waals surface area contributed by atoms with E-state index in [0.29, 0.717) is 6.04 Å². The molecule has 0 aromatic heterocycles. The molecule has 1 saturated heterocycles. The maximum absolute atomic E-state index is 12.5. The highest BCUT2D eigenvalue weighted by atomic mass is 16.2. The molecule has 2 aliphatic rings. The van der Waals surface area contributed by atoms with E-state index in [9.17, 15) is 4.79 Å². The number of rotatable bonds is 4. The second-order valence-electron chi connectivity index (χ2n) is 6.50. The standard InChI is InChI=1S/C18H26N2O/c1-20(12-10-17-7-2-3-11-19-17)18(21)16-9-8-14-5-4-6-15(14)13-16/h8-9,13,17,19H,2-7,10-12H2,1H3. The van der Waals surface area contributed by atoms with E-state index >= 15 is 0 Å². The number of benzene rings is 1. The van der Waals surface area contributed by atoms with E-state index in [1.165, 1.54) is 43.2 Å². The van der Waals surface area contributed by atoms with E-state index in [2.05, 4.69) is 17.4 Å². The van der Waals surface area contributed by atoms with Crippen molar-refractivity contribution in [3.63, 3.8) is 0 Å². The molecule has 1 aliphatic heterocycles. The largest absolute Gasteiger partial charge is 0.342 e. The Hall–Kier alpha value is -1.35. The highest BCUT2D eigenvalue weighted by Crippen LogP contribution is 2.23. The van der Waals surface area contributed by atoms with Crippen LogP contribution in [0.15, 0.2) is 18.2 Å². The first-order chi connectivity index (χ1) is 10.2. The summed E-state index contributed by atoms with van der Waals surface area (Å²) in [7, 11) is 1.93. The van der Waals surface area contributed by atoms with Crippen molar-refractivity contribution in [3.05, 3.63) is 34.9 Å². The molecular weight excluding hydrogens is 260 g/mol. The number of aryl methyl sites for hydroxylation is 2. The zero-order valence-electron chi connectivity index (χ0n) is 13.0. The average Bonchev–Trinajstić information content (AvgIpc) is 3.00. The zero-order chi connectivity index (χ0) is 14.7. The molecule has 3 rings (SSSR count). The van der Waals surface area contributed by atoms with Crippen molar-refractivity contribution in [2.45, 2.75) is 51.0 Å². The van der Waals surface area contributed by atoms with Crippen LogP contribution in [0.4, 0.5) is 0 Å². The monoisotopic (exact) mass is 286 g/mol. The van der Waals surface area contributed by atoms with Gasteiger partial charge in [0.15, 0.2) is 0 Å². The summed E-state index contributed by atoms with van der Waals surface area (Å²) in [4.78, 5) is 14.4. The summed E-state index contributed by atoms with van der Waals surface area (Å²) in [5, 5.41) is 3.55. The third-order valence-electron chi connectivity index (χ3n) is 4.92. The third-order valence-corrected chi connectivity index (χ3v) is 4.92. The Bertz CT molecular complexity index is 506. The van der Waals surface area contributed by atoms with Crippen LogP contribution in [-0.2, 0) is 12.8 Å². The summed E-state index contributed by atoms with van der Waals surface area (Å²) in [6.07, 6.45) is 8.46. The molecule has 1 amide bonds. The van der Waals surface area contributed by atoms with Gasteiger partial charge >= 0.3 is 0 Å². The molecule has 1 unspecified atom stereocenters. The molecular formula is C18H26N2O. The van der Waals surface area contributed by atoms with E-state index < -0.39 is 0 Å². The van der Waals surface area contributed by atoms with E-state index in [-0.39, 0.29) is 5.91 Å². The van der Waals surface area contributed by atoms with Crippen LogP contribution in [0.25, 0.3) is 0 Å². The van der Waals surface area contributed by atoms with Gasteiger partial charge in [-0.2, -0.15) is 0 Å². The van der Waals surface area contributed by atoms with Gasteiger partial charge in [-0.3, -0.25) is 4.79 Å². The van der Waals surface area contributed by atoms with Crippen LogP contribution in [0.1, 0.15) is 53.6 Å². The van der Waals surface area contributed by atoms with Crippen molar-refractivity contribution in [1.82, 2.24) is 10.2 Å². The van der Waals surface area contributed by atoms with Crippen LogP contribution in [-0.4, -0.2) is 37.0 Å². The summed E-state index contributed by atoms with van der Waals surface area (Å²) < 4.78 is 0. The smallest absolute Gasteiger partial charge is 0.253 e. The summed E-state index contributed by atoms with van der Waals surface area (Å²) in [5.74, 6) is 0.167. The number of nitrogens with one attached hydrogen (secondary N) is 1. The maximum Gasteiger partial charge on any atom is 0.253 e. The minimum absolute atomic E-state index is 0.167. The van der Waals surface area contributed by atoms with E-state index in [1.54, 1.807) is 0 Å². The summed E-state index contributed by atoms with van der Waals surface area (Å²) in [5.41, 5.74) is 3.67. The quantitative estimate of drug-likeness (QED) is 0.923. The lowest BCUT2D eigenvalue weighted by Gasteiger charge is -2.26. The molecule has 114 valence electrons. The molecule has 1 aromatic carbocycles. The number of carbonyl (C=O) groups is 1. The number of carbonyl (C=O) groups excluding carboxylic acids is 1. The van der Waals surface area contributed by atoms with E-state index in [4.69, 9.17) is 0 Å². The highest BCUT2D eigenvalue weighted by molar-refractivity contribution is 5.94. The third kappa shape index (κ3) is 3.46. The van der Waals surface area contributed by atoms with Gasteiger partial charge < -0.3 is 10.2 Å². The van der Waals surface area contributed by atoms with Gasteiger partial charge in [-0.05, 0) is 68.3 Å². The van der Waals surface area contributed by atoms with Crippen molar-refractivity contribution in [3.8, 4) is 0 Å². The highest BCUT2D eigenvalue weighted by Gasteiger charge is 2.18. The van der Waals surface area contributed by atoms with Gasteiger partial charge in [0.2, 0.25) is 0 Å². The van der Waals surface area contributed by atoms with Crippen molar-refractivity contribution in [1.29, 1.82) is 0 Å². The maximum atomic E-state index is 12.5. The second kappa shape index (κ2) is 6.61. The fraction of sp³-hybridized carbons (Fsp3) is 0.611. The Morgan fingerprint density at radius 2 is 2.10 bits per heavy atom. The number of amides is 1. The van der Waals surface area contributed by atoms with Crippen LogP contribution in [0.2, 0.25) is 0 Å². The van der Waals surface area contributed by atoms with Crippen molar-refractivity contribution < 1.29 is 4.79 Å². The first-order valence-corrected chi connectivity index (χ1v) is 8.35. The van der Waals surface area contributed by atoms with Crippen molar-refractivity contribution >= 4 is 5.91 Å². The molecule has 1 aliphatic carbocycles. The molecule has 0 bridgehead atoms. The minimum atomic E-state index is 0.167. The normalized spacial score (nSPS) is 21.1. The number of nitrogens with zero attached hydrogens (tertiary/aromatic N) is 1. The molecule has 1 atom stereocenters. The van der Waals surface area contributed by atoms with Gasteiger partial charge in [-0.15, -0.1) is 0 Å². The molecule has 1 aromatic rings. The van der Waals surface area contributed by atoms with Crippen LogP contribution < -0.4 is 5.32 Å². The predicted molar refractivity (Wildman–Crippen MR) is 85.7 cm³/mol. The van der Waals surface area contributed by atoms with Crippen LogP contribution in [0.5, 0.6) is 0 Å². The van der Waals surface area contributed by atoms with Crippen molar-refractivity contribution in [2.24, 2.45) is 0 Å². The van der Waals surface area contributed by atoms with Gasteiger partial charge in [0.1, 0.15) is 0 Å². The van der Waals surface area contributed by atoms with Gasteiger partial charge in [-0.1, -0.05) is 12.5 Å². The fourth-order valence-corrected chi connectivity index (χ4v) is 3.55. The topological polar surface area (TPSA) is 32.3 Å². The van der Waals surface area contributed by atoms with Gasteiger partial charge in [0.25, 0.3) is 5.91 Å². The number of fused-ring (bicyclic) bond motifs is 1. The zero-order valence-corrected chi connectivity index (χ0v) is 13.0. The van der Waals surface area contributed by atoms with Crippen LogP contribution in [0.3, 0.4) is 0 Å². The lowest BCUT2D eigenvalue weighted by Crippen LogP contribution is -2.38. The Morgan fingerprint density at radius 3 is 2.90 bits per heavy atom. The molecule has 1 fully saturated rings. The number of hydrogen-bond donors (Lipinski definition) is 1. The summed E-state index contributed by atoms with van der Waals surface area (Å²) in [6.45, 7) is 1.97. The molecule has 3 nitrogen and oxygen atoms in total. The lowest BCUT2D eigenvalue weighted by atomic mass is 10.0. The molecule has 1 N–H and O–H groups in total. The Kier molecular flexibility index (Phi) is 4.59. The van der Waals surface area contributed by atoms with E-state index in [1.807, 2.05) is 18.0 Å². The summed E-state index contributed by atoms with van der Waals surface area (Å²) >= 11 is 0. The lowest BCUT2D eigenvalue weighted by molar-refractivity contribution is 0.0788. The van der Waals surface area contributed by atoms with Gasteiger partial charge in [-0.25, -0.2) is 0 Å².